The molecule has 2 aromatic heterocycles. The fourth-order valence-corrected chi connectivity index (χ4v) is 3.08. The fourth-order valence-electron chi connectivity index (χ4n) is 2.33. The lowest BCUT2D eigenvalue weighted by Gasteiger charge is -2.09. The summed E-state index contributed by atoms with van der Waals surface area (Å²) in [7, 11) is 0. The molecule has 2 N–H and O–H groups in total. The first-order chi connectivity index (χ1) is 11.1. The van der Waals surface area contributed by atoms with Crippen LogP contribution in [-0.4, -0.2) is 22.1 Å². The number of rotatable bonds is 6. The van der Waals surface area contributed by atoms with Crippen LogP contribution in [-0.2, 0) is 11.3 Å². The van der Waals surface area contributed by atoms with E-state index in [2.05, 4.69) is 5.32 Å². The van der Waals surface area contributed by atoms with E-state index < -0.39 is 11.9 Å². The van der Waals surface area contributed by atoms with Gasteiger partial charge in [-0.3, -0.25) is 9.36 Å². The van der Waals surface area contributed by atoms with Gasteiger partial charge in [-0.1, -0.05) is 18.2 Å². The zero-order chi connectivity index (χ0) is 16.2. The Hall–Kier alpha value is -2.38. The van der Waals surface area contributed by atoms with Crippen molar-refractivity contribution in [2.45, 2.75) is 19.1 Å². The van der Waals surface area contributed by atoms with Crippen LogP contribution in [0, 0.1) is 0 Å². The first-order valence-electron chi connectivity index (χ1n) is 7.21. The minimum atomic E-state index is -0.590. The third-order valence-electron chi connectivity index (χ3n) is 3.49. The molecule has 0 aliphatic rings. The van der Waals surface area contributed by atoms with Crippen LogP contribution < -0.4 is 11.1 Å². The van der Waals surface area contributed by atoms with Crippen LogP contribution in [0.2, 0.25) is 0 Å². The molecule has 3 aromatic rings. The summed E-state index contributed by atoms with van der Waals surface area (Å²) >= 11 is 1.48. The van der Waals surface area contributed by atoms with Crippen molar-refractivity contribution in [2.75, 3.05) is 6.54 Å². The van der Waals surface area contributed by atoms with E-state index in [-0.39, 0.29) is 12.5 Å². The van der Waals surface area contributed by atoms with Gasteiger partial charge in [0.05, 0.1) is 11.6 Å². The highest BCUT2D eigenvalue weighted by Gasteiger charge is 2.13. The Balaban J connectivity index is 1.57. The summed E-state index contributed by atoms with van der Waals surface area (Å²) in [5.41, 5.74) is 1.05. The Morgan fingerprint density at radius 1 is 1.30 bits per heavy atom. The van der Waals surface area contributed by atoms with E-state index in [1.807, 2.05) is 17.5 Å². The lowest BCUT2D eigenvalue weighted by Crippen LogP contribution is -2.31. The number of benzene rings is 1. The van der Waals surface area contributed by atoms with Crippen LogP contribution in [0.4, 0.5) is 0 Å². The van der Waals surface area contributed by atoms with E-state index in [0.717, 1.165) is 4.88 Å². The largest absolute Gasteiger partial charge is 0.420 e. The molecule has 0 aliphatic carbocycles. The van der Waals surface area contributed by atoms with Crippen molar-refractivity contribution < 1.29 is 14.3 Å². The molecule has 1 atom stereocenters. The summed E-state index contributed by atoms with van der Waals surface area (Å²) in [6.07, 6.45) is -0.166. The number of aliphatic hydroxyl groups is 1. The smallest absolute Gasteiger partial charge is 0.408 e. The monoisotopic (exact) mass is 332 g/mol. The van der Waals surface area contributed by atoms with Crippen molar-refractivity contribution in [3.63, 3.8) is 0 Å². The van der Waals surface area contributed by atoms with Crippen molar-refractivity contribution in [1.29, 1.82) is 0 Å². The standard InChI is InChI=1S/C16H16N2O4S/c19-12(14-6-3-9-23-14)7-8-17-15(20)10-18-11-4-1-2-5-13(11)22-16(18)21/h1-6,9,12,19H,7-8,10H2,(H,17,20). The number of nitrogens with one attached hydrogen (secondary N) is 1. The number of thiophene rings is 1. The van der Waals surface area contributed by atoms with Crippen LogP contribution in [0.15, 0.2) is 51.0 Å². The Bertz CT molecular complexity index is 850. The minimum Gasteiger partial charge on any atom is -0.408 e. The van der Waals surface area contributed by atoms with Gasteiger partial charge in [-0.2, -0.15) is 0 Å². The van der Waals surface area contributed by atoms with E-state index in [1.165, 1.54) is 15.9 Å². The molecule has 0 fully saturated rings. The average molecular weight is 332 g/mol. The molecule has 7 heteroatoms. The van der Waals surface area contributed by atoms with Gasteiger partial charge in [0.15, 0.2) is 5.58 Å². The van der Waals surface area contributed by atoms with Crippen molar-refractivity contribution >= 4 is 28.3 Å². The second-order valence-electron chi connectivity index (χ2n) is 5.09. The molecule has 2 heterocycles. The number of hydrogen-bond donors (Lipinski definition) is 2. The zero-order valence-electron chi connectivity index (χ0n) is 12.3. The molecule has 0 radical (unpaired) electrons. The molecule has 23 heavy (non-hydrogen) atoms. The van der Waals surface area contributed by atoms with Crippen LogP contribution in [0.1, 0.15) is 17.4 Å². The molecule has 1 unspecified atom stereocenters. The number of nitrogens with zero attached hydrogens (tertiary/aromatic N) is 1. The second-order valence-corrected chi connectivity index (χ2v) is 6.07. The fraction of sp³-hybridized carbons (Fsp3) is 0.250. The number of carbonyl (C=O) groups excluding carboxylic acids is 1. The van der Waals surface area contributed by atoms with Crippen LogP contribution in [0.25, 0.3) is 11.1 Å². The maximum absolute atomic E-state index is 12.0. The number of aliphatic hydroxyl groups excluding tert-OH is 1. The second kappa shape index (κ2) is 6.80. The molecule has 0 aliphatic heterocycles. The Morgan fingerprint density at radius 3 is 2.91 bits per heavy atom. The summed E-state index contributed by atoms with van der Waals surface area (Å²) in [6.45, 7) is 0.230. The van der Waals surface area contributed by atoms with Gasteiger partial charge < -0.3 is 14.8 Å². The van der Waals surface area contributed by atoms with Gasteiger partial charge in [0, 0.05) is 11.4 Å². The molecule has 120 valence electrons. The lowest BCUT2D eigenvalue weighted by molar-refractivity contribution is -0.121. The van der Waals surface area contributed by atoms with Gasteiger partial charge in [0.25, 0.3) is 0 Å². The summed E-state index contributed by atoms with van der Waals surface area (Å²) in [5.74, 6) is -0.850. The maximum Gasteiger partial charge on any atom is 0.420 e. The number of amides is 1. The van der Waals surface area contributed by atoms with Gasteiger partial charge in [-0.05, 0) is 30.0 Å². The van der Waals surface area contributed by atoms with Crippen molar-refractivity contribution in [3.8, 4) is 0 Å². The molecular weight excluding hydrogens is 316 g/mol. The number of para-hydroxylation sites is 2. The van der Waals surface area contributed by atoms with Gasteiger partial charge >= 0.3 is 5.76 Å². The minimum absolute atomic E-state index is 0.106. The normalized spacial score (nSPS) is 12.4. The summed E-state index contributed by atoms with van der Waals surface area (Å²) in [4.78, 5) is 24.6. The zero-order valence-corrected chi connectivity index (χ0v) is 13.1. The summed E-state index contributed by atoms with van der Waals surface area (Å²) in [6, 6.07) is 10.7. The molecule has 0 saturated carbocycles. The Kier molecular flexibility index (Phi) is 4.59. The molecule has 3 rings (SSSR count). The van der Waals surface area contributed by atoms with E-state index >= 15 is 0 Å². The third-order valence-corrected chi connectivity index (χ3v) is 4.46. The first kappa shape index (κ1) is 15.5. The lowest BCUT2D eigenvalue weighted by atomic mass is 10.2. The first-order valence-corrected chi connectivity index (χ1v) is 8.09. The van der Waals surface area contributed by atoms with Crippen molar-refractivity contribution in [1.82, 2.24) is 9.88 Å². The van der Waals surface area contributed by atoms with E-state index in [0.29, 0.717) is 24.1 Å². The number of carbonyl (C=O) groups is 1. The number of oxazole rings is 1. The molecule has 1 amide bonds. The van der Waals surface area contributed by atoms with Crippen LogP contribution in [0.5, 0.6) is 0 Å². The maximum atomic E-state index is 12.0. The van der Waals surface area contributed by atoms with E-state index in [9.17, 15) is 14.7 Å². The SMILES string of the molecule is O=C(Cn1c(=O)oc2ccccc21)NCCC(O)c1cccs1. The molecule has 0 spiro atoms. The predicted octanol–water partition coefficient (Wildman–Crippen LogP) is 1.90. The van der Waals surface area contributed by atoms with Crippen LogP contribution in [0.3, 0.4) is 0 Å². The van der Waals surface area contributed by atoms with Crippen LogP contribution >= 0.6 is 11.3 Å². The summed E-state index contributed by atoms with van der Waals surface area (Å²) in [5, 5.41) is 14.6. The highest BCUT2D eigenvalue weighted by molar-refractivity contribution is 7.10. The quantitative estimate of drug-likeness (QED) is 0.722. The number of aromatic nitrogens is 1. The topological polar surface area (TPSA) is 84.5 Å². The van der Waals surface area contributed by atoms with Crippen molar-refractivity contribution in [2.24, 2.45) is 0 Å². The molecular formula is C16H16N2O4S. The van der Waals surface area contributed by atoms with Gasteiger partial charge in [-0.15, -0.1) is 11.3 Å². The van der Waals surface area contributed by atoms with E-state index in [4.69, 9.17) is 4.42 Å². The number of fused-ring (bicyclic) bond motifs is 1. The van der Waals surface area contributed by atoms with Gasteiger partial charge in [0.1, 0.15) is 6.54 Å². The van der Waals surface area contributed by atoms with Crippen molar-refractivity contribution in [3.05, 3.63) is 57.2 Å². The Labute approximate surface area is 136 Å². The van der Waals surface area contributed by atoms with Gasteiger partial charge in [-0.25, -0.2) is 4.79 Å². The molecule has 6 nitrogen and oxygen atoms in total. The number of hydrogen-bond acceptors (Lipinski definition) is 5. The molecule has 1 aromatic carbocycles. The predicted molar refractivity (Wildman–Crippen MR) is 87.4 cm³/mol. The molecule has 0 bridgehead atoms. The highest BCUT2D eigenvalue weighted by Crippen LogP contribution is 2.20. The van der Waals surface area contributed by atoms with Gasteiger partial charge in [0.2, 0.25) is 5.91 Å². The Morgan fingerprint density at radius 2 is 2.13 bits per heavy atom. The molecule has 0 saturated heterocycles. The van der Waals surface area contributed by atoms with E-state index in [1.54, 1.807) is 24.3 Å². The average Bonchev–Trinajstić information content (AvgIpc) is 3.16. The highest BCUT2D eigenvalue weighted by atomic mass is 32.1. The third kappa shape index (κ3) is 3.52. The summed E-state index contributed by atoms with van der Waals surface area (Å²) < 4.78 is 6.37.